The van der Waals surface area contributed by atoms with Crippen LogP contribution in [0.4, 0.5) is 5.69 Å². The Morgan fingerprint density at radius 2 is 1.44 bits per heavy atom. The van der Waals surface area contributed by atoms with Crippen molar-refractivity contribution >= 4 is 11.6 Å². The predicted molar refractivity (Wildman–Crippen MR) is 91.8 cm³/mol. The fourth-order valence-electron chi connectivity index (χ4n) is 2.83. The molecule has 0 fully saturated rings. The van der Waals surface area contributed by atoms with Crippen LogP contribution < -0.4 is 24.3 Å². The summed E-state index contributed by atoms with van der Waals surface area (Å²) >= 11 is 0. The molecule has 1 N–H and O–H groups in total. The third kappa shape index (κ3) is 3.63. The third-order valence-electron chi connectivity index (χ3n) is 4.00. The highest BCUT2D eigenvalue weighted by Gasteiger charge is 2.15. The van der Waals surface area contributed by atoms with Crippen molar-refractivity contribution in [2.45, 2.75) is 12.8 Å². The van der Waals surface area contributed by atoms with Gasteiger partial charge in [-0.1, -0.05) is 6.07 Å². The van der Waals surface area contributed by atoms with Crippen molar-refractivity contribution in [1.29, 1.82) is 0 Å². The van der Waals surface area contributed by atoms with Gasteiger partial charge in [-0.15, -0.1) is 0 Å². The van der Waals surface area contributed by atoms with Gasteiger partial charge in [0.2, 0.25) is 5.91 Å². The van der Waals surface area contributed by atoms with Gasteiger partial charge in [0.25, 0.3) is 0 Å². The first kappa shape index (κ1) is 15.6. The average molecular weight is 341 g/mol. The van der Waals surface area contributed by atoms with E-state index in [-0.39, 0.29) is 12.3 Å². The van der Waals surface area contributed by atoms with Gasteiger partial charge in [0.15, 0.2) is 23.0 Å². The number of amides is 1. The van der Waals surface area contributed by atoms with Gasteiger partial charge in [-0.25, -0.2) is 0 Å². The molecule has 0 aliphatic carbocycles. The summed E-state index contributed by atoms with van der Waals surface area (Å²) in [6.45, 7) is 2.33. The van der Waals surface area contributed by atoms with Gasteiger partial charge in [0.05, 0.1) is 19.6 Å². The molecular weight excluding hydrogens is 322 g/mol. The smallest absolute Gasteiger partial charge is 0.228 e. The Balaban J connectivity index is 1.43. The summed E-state index contributed by atoms with van der Waals surface area (Å²) in [5.74, 6) is 2.67. The molecule has 1 amide bonds. The van der Waals surface area contributed by atoms with Crippen molar-refractivity contribution in [2.24, 2.45) is 0 Å². The molecule has 2 heterocycles. The number of ether oxygens (including phenoxy) is 4. The molecule has 0 atom stereocenters. The molecule has 0 saturated carbocycles. The van der Waals surface area contributed by atoms with Crippen LogP contribution >= 0.6 is 0 Å². The quantitative estimate of drug-likeness (QED) is 0.930. The molecule has 0 spiro atoms. The minimum absolute atomic E-state index is 0.105. The molecule has 6 nitrogen and oxygen atoms in total. The van der Waals surface area contributed by atoms with Gasteiger partial charge in [-0.05, 0) is 29.8 Å². The lowest BCUT2D eigenvalue weighted by atomic mass is 10.1. The first-order chi connectivity index (χ1) is 12.3. The SMILES string of the molecule is O=C(Cc1ccc2c(c1)OCCO2)Nc1ccc2c(c1)OCCCO2. The Bertz CT molecular complexity index is 789. The second-order valence-corrected chi connectivity index (χ2v) is 5.91. The zero-order valence-corrected chi connectivity index (χ0v) is 13.7. The zero-order valence-electron chi connectivity index (χ0n) is 13.7. The number of hydrogen-bond donors (Lipinski definition) is 1. The molecule has 2 aliphatic rings. The highest BCUT2D eigenvalue weighted by Crippen LogP contribution is 2.33. The lowest BCUT2D eigenvalue weighted by molar-refractivity contribution is -0.115. The molecule has 0 bridgehead atoms. The molecule has 130 valence electrons. The number of rotatable bonds is 3. The van der Waals surface area contributed by atoms with Gasteiger partial charge in [0, 0.05) is 18.2 Å². The molecule has 6 heteroatoms. The topological polar surface area (TPSA) is 66.0 Å². The number of fused-ring (bicyclic) bond motifs is 2. The molecule has 4 rings (SSSR count). The van der Waals surface area contributed by atoms with Gasteiger partial charge in [-0.3, -0.25) is 4.79 Å². The minimum atomic E-state index is -0.105. The monoisotopic (exact) mass is 341 g/mol. The van der Waals surface area contributed by atoms with Crippen LogP contribution in [0.5, 0.6) is 23.0 Å². The second kappa shape index (κ2) is 6.93. The summed E-state index contributed by atoms with van der Waals surface area (Å²) in [6, 6.07) is 11.0. The fourth-order valence-corrected chi connectivity index (χ4v) is 2.83. The van der Waals surface area contributed by atoms with Gasteiger partial charge >= 0.3 is 0 Å². The maximum atomic E-state index is 12.3. The van der Waals surface area contributed by atoms with E-state index in [1.54, 1.807) is 6.07 Å². The van der Waals surface area contributed by atoms with Gasteiger partial charge in [0.1, 0.15) is 13.2 Å². The number of nitrogens with one attached hydrogen (secondary N) is 1. The van der Waals surface area contributed by atoms with E-state index in [4.69, 9.17) is 18.9 Å². The number of carbonyl (C=O) groups is 1. The van der Waals surface area contributed by atoms with E-state index in [0.29, 0.717) is 49.4 Å². The van der Waals surface area contributed by atoms with Crippen LogP contribution in [0.1, 0.15) is 12.0 Å². The first-order valence-electron chi connectivity index (χ1n) is 8.36. The summed E-state index contributed by atoms with van der Waals surface area (Å²) in [5, 5.41) is 2.89. The standard InChI is InChI=1S/C19H19NO5/c21-19(11-13-2-4-15-17(10-13)25-9-8-24-15)20-14-3-5-16-18(12-14)23-7-1-6-22-16/h2-5,10,12H,1,6-9,11H2,(H,20,21). The van der Waals surface area contributed by atoms with E-state index < -0.39 is 0 Å². The molecule has 0 unspecified atom stereocenters. The summed E-state index contributed by atoms with van der Waals surface area (Å²) in [7, 11) is 0. The Labute approximate surface area is 145 Å². The molecule has 25 heavy (non-hydrogen) atoms. The second-order valence-electron chi connectivity index (χ2n) is 5.91. The Morgan fingerprint density at radius 1 is 0.800 bits per heavy atom. The van der Waals surface area contributed by atoms with Crippen molar-refractivity contribution in [3.8, 4) is 23.0 Å². The van der Waals surface area contributed by atoms with Crippen LogP contribution in [-0.2, 0) is 11.2 Å². The molecule has 2 aliphatic heterocycles. The number of hydrogen-bond acceptors (Lipinski definition) is 5. The number of benzene rings is 2. The molecule has 2 aromatic rings. The third-order valence-corrected chi connectivity index (χ3v) is 4.00. The summed E-state index contributed by atoms with van der Waals surface area (Å²) < 4.78 is 22.3. The van der Waals surface area contributed by atoms with Crippen molar-refractivity contribution in [3.05, 3.63) is 42.0 Å². The largest absolute Gasteiger partial charge is 0.490 e. The van der Waals surface area contributed by atoms with Crippen LogP contribution in [0.15, 0.2) is 36.4 Å². The van der Waals surface area contributed by atoms with E-state index in [9.17, 15) is 4.79 Å². The van der Waals surface area contributed by atoms with E-state index in [0.717, 1.165) is 17.7 Å². The Morgan fingerprint density at radius 3 is 2.28 bits per heavy atom. The van der Waals surface area contributed by atoms with Crippen molar-refractivity contribution < 1.29 is 23.7 Å². The van der Waals surface area contributed by atoms with Gasteiger partial charge in [-0.2, -0.15) is 0 Å². The van der Waals surface area contributed by atoms with Crippen LogP contribution in [-0.4, -0.2) is 32.3 Å². The molecule has 0 saturated heterocycles. The molecule has 0 radical (unpaired) electrons. The van der Waals surface area contributed by atoms with Crippen LogP contribution in [0.25, 0.3) is 0 Å². The van der Waals surface area contributed by atoms with Crippen LogP contribution in [0.3, 0.4) is 0 Å². The molecule has 2 aromatic carbocycles. The first-order valence-corrected chi connectivity index (χ1v) is 8.36. The lowest BCUT2D eigenvalue weighted by Gasteiger charge is -2.18. The van der Waals surface area contributed by atoms with E-state index in [1.165, 1.54) is 0 Å². The van der Waals surface area contributed by atoms with Gasteiger partial charge < -0.3 is 24.3 Å². The fraction of sp³-hybridized carbons (Fsp3) is 0.316. The van der Waals surface area contributed by atoms with E-state index in [1.807, 2.05) is 30.3 Å². The van der Waals surface area contributed by atoms with E-state index in [2.05, 4.69) is 5.32 Å². The summed E-state index contributed by atoms with van der Waals surface area (Å²) in [6.07, 6.45) is 1.10. The van der Waals surface area contributed by atoms with E-state index >= 15 is 0 Å². The maximum Gasteiger partial charge on any atom is 0.228 e. The minimum Gasteiger partial charge on any atom is -0.490 e. The Hall–Kier alpha value is -2.89. The highest BCUT2D eigenvalue weighted by molar-refractivity contribution is 5.92. The maximum absolute atomic E-state index is 12.3. The average Bonchev–Trinajstić information content (AvgIpc) is 2.86. The lowest BCUT2D eigenvalue weighted by Crippen LogP contribution is -2.17. The molecular formula is C19H19NO5. The number of anilines is 1. The summed E-state index contributed by atoms with van der Waals surface area (Å²) in [4.78, 5) is 12.3. The van der Waals surface area contributed by atoms with Crippen LogP contribution in [0.2, 0.25) is 0 Å². The van der Waals surface area contributed by atoms with Crippen LogP contribution in [0, 0.1) is 0 Å². The highest BCUT2D eigenvalue weighted by atomic mass is 16.6. The predicted octanol–water partition coefficient (Wildman–Crippen LogP) is 2.80. The normalized spacial score (nSPS) is 15.2. The number of carbonyl (C=O) groups excluding carboxylic acids is 1. The summed E-state index contributed by atoms with van der Waals surface area (Å²) in [5.41, 5.74) is 1.56. The molecule has 0 aromatic heterocycles. The van der Waals surface area contributed by atoms with Crippen molar-refractivity contribution in [1.82, 2.24) is 0 Å². The van der Waals surface area contributed by atoms with Crippen molar-refractivity contribution in [3.63, 3.8) is 0 Å². The zero-order chi connectivity index (χ0) is 17.1. The van der Waals surface area contributed by atoms with Crippen molar-refractivity contribution in [2.75, 3.05) is 31.7 Å². The Kier molecular flexibility index (Phi) is 4.33.